The molecule has 0 spiro atoms. The van der Waals surface area contributed by atoms with E-state index in [1.165, 1.54) is 38.5 Å². The molecule has 3 aliphatic carbocycles. The van der Waals surface area contributed by atoms with Crippen molar-refractivity contribution < 1.29 is 0 Å². The van der Waals surface area contributed by atoms with Crippen molar-refractivity contribution in [1.82, 2.24) is 0 Å². The standard InChI is InChI=1S/C20H32S/c1-5-12-20(4)17-11-13-19(3)14(6-2)7-9-16(19)15(17)8-10-18(20)21/h8,11,14,16,18,21H,5-7,9-10,12-13H2,1-4H3. The molecule has 0 aliphatic heterocycles. The zero-order valence-electron chi connectivity index (χ0n) is 14.3. The molecule has 0 bridgehead atoms. The Hall–Kier alpha value is -0.170. The summed E-state index contributed by atoms with van der Waals surface area (Å²) >= 11 is 4.96. The molecule has 1 saturated carbocycles. The molecule has 5 atom stereocenters. The van der Waals surface area contributed by atoms with Gasteiger partial charge in [-0.05, 0) is 60.5 Å². The van der Waals surface area contributed by atoms with E-state index in [-0.39, 0.29) is 0 Å². The van der Waals surface area contributed by atoms with E-state index < -0.39 is 0 Å². The Kier molecular flexibility index (Phi) is 4.10. The second-order valence-electron chi connectivity index (χ2n) is 8.14. The van der Waals surface area contributed by atoms with Crippen molar-refractivity contribution in [2.45, 2.75) is 77.9 Å². The van der Waals surface area contributed by atoms with Crippen molar-refractivity contribution in [3.63, 3.8) is 0 Å². The van der Waals surface area contributed by atoms with Crippen molar-refractivity contribution in [3.05, 3.63) is 23.3 Å². The van der Waals surface area contributed by atoms with E-state index in [4.69, 9.17) is 12.6 Å². The third-order valence-electron chi connectivity index (χ3n) is 7.14. The minimum atomic E-state index is 0.299. The normalized spacial score (nSPS) is 45.7. The van der Waals surface area contributed by atoms with Crippen LogP contribution in [0.1, 0.15) is 72.6 Å². The maximum Gasteiger partial charge on any atom is 0.0146 e. The van der Waals surface area contributed by atoms with Crippen LogP contribution in [0.2, 0.25) is 0 Å². The smallest absolute Gasteiger partial charge is 0.0146 e. The monoisotopic (exact) mass is 304 g/mol. The minimum Gasteiger partial charge on any atom is -0.175 e. The van der Waals surface area contributed by atoms with Crippen LogP contribution in [-0.2, 0) is 0 Å². The molecule has 21 heavy (non-hydrogen) atoms. The van der Waals surface area contributed by atoms with Crippen molar-refractivity contribution in [3.8, 4) is 0 Å². The summed E-state index contributed by atoms with van der Waals surface area (Å²) in [5.41, 5.74) is 4.23. The van der Waals surface area contributed by atoms with Crippen molar-refractivity contribution in [2.75, 3.05) is 0 Å². The van der Waals surface area contributed by atoms with Gasteiger partial charge in [0.15, 0.2) is 0 Å². The van der Waals surface area contributed by atoms with E-state index in [1.54, 1.807) is 11.1 Å². The van der Waals surface area contributed by atoms with E-state index in [0.717, 1.165) is 18.3 Å². The summed E-state index contributed by atoms with van der Waals surface area (Å²) in [7, 11) is 0. The fraction of sp³-hybridized carbons (Fsp3) is 0.800. The zero-order valence-corrected chi connectivity index (χ0v) is 15.2. The molecule has 3 rings (SSSR count). The van der Waals surface area contributed by atoms with Crippen molar-refractivity contribution >= 4 is 12.6 Å². The van der Waals surface area contributed by atoms with Crippen LogP contribution < -0.4 is 0 Å². The van der Waals surface area contributed by atoms with Gasteiger partial charge >= 0.3 is 0 Å². The molecule has 0 aromatic carbocycles. The number of rotatable bonds is 3. The van der Waals surface area contributed by atoms with Crippen LogP contribution in [0.5, 0.6) is 0 Å². The van der Waals surface area contributed by atoms with Crippen LogP contribution in [0.3, 0.4) is 0 Å². The highest BCUT2D eigenvalue weighted by atomic mass is 32.1. The lowest BCUT2D eigenvalue weighted by atomic mass is 9.57. The van der Waals surface area contributed by atoms with Crippen LogP contribution in [0.25, 0.3) is 0 Å². The minimum absolute atomic E-state index is 0.299. The fourth-order valence-electron chi connectivity index (χ4n) is 5.74. The Morgan fingerprint density at radius 1 is 1.19 bits per heavy atom. The molecule has 0 radical (unpaired) electrons. The van der Waals surface area contributed by atoms with Crippen LogP contribution in [0.4, 0.5) is 0 Å². The lowest BCUT2D eigenvalue weighted by Gasteiger charge is -2.50. The van der Waals surface area contributed by atoms with Gasteiger partial charge in [0.1, 0.15) is 0 Å². The highest BCUT2D eigenvalue weighted by Crippen LogP contribution is 2.62. The largest absolute Gasteiger partial charge is 0.175 e. The van der Waals surface area contributed by atoms with Gasteiger partial charge in [-0.3, -0.25) is 0 Å². The van der Waals surface area contributed by atoms with Gasteiger partial charge in [0, 0.05) is 10.7 Å². The maximum atomic E-state index is 4.96. The van der Waals surface area contributed by atoms with Gasteiger partial charge in [0.25, 0.3) is 0 Å². The second-order valence-corrected chi connectivity index (χ2v) is 8.76. The van der Waals surface area contributed by atoms with Gasteiger partial charge in [-0.25, -0.2) is 0 Å². The summed E-state index contributed by atoms with van der Waals surface area (Å²) in [4.78, 5) is 0. The van der Waals surface area contributed by atoms with E-state index in [2.05, 4.69) is 39.8 Å². The van der Waals surface area contributed by atoms with Crippen molar-refractivity contribution in [1.29, 1.82) is 0 Å². The fourth-order valence-corrected chi connectivity index (χ4v) is 6.12. The van der Waals surface area contributed by atoms with Gasteiger partial charge in [-0.1, -0.05) is 52.7 Å². The van der Waals surface area contributed by atoms with Crippen LogP contribution in [0.15, 0.2) is 23.3 Å². The summed E-state index contributed by atoms with van der Waals surface area (Å²) in [6.07, 6.45) is 14.4. The molecule has 0 heterocycles. The summed E-state index contributed by atoms with van der Waals surface area (Å²) in [5, 5.41) is 0.500. The molecule has 0 amide bonds. The molecule has 0 aromatic rings. The highest BCUT2D eigenvalue weighted by Gasteiger charge is 2.52. The Balaban J connectivity index is 2.01. The van der Waals surface area contributed by atoms with Crippen LogP contribution >= 0.6 is 12.6 Å². The Morgan fingerprint density at radius 3 is 2.62 bits per heavy atom. The summed E-state index contributed by atoms with van der Waals surface area (Å²) in [6, 6.07) is 0. The van der Waals surface area contributed by atoms with E-state index in [0.29, 0.717) is 16.1 Å². The first-order chi connectivity index (χ1) is 9.97. The van der Waals surface area contributed by atoms with Gasteiger partial charge in [0.2, 0.25) is 0 Å². The first-order valence-electron chi connectivity index (χ1n) is 9.06. The average Bonchev–Trinajstić information content (AvgIpc) is 2.80. The highest BCUT2D eigenvalue weighted by molar-refractivity contribution is 7.81. The molecule has 1 fully saturated rings. The molecule has 0 nitrogen and oxygen atoms in total. The zero-order chi connectivity index (χ0) is 15.3. The Morgan fingerprint density at radius 2 is 1.95 bits per heavy atom. The predicted octanol–water partition coefficient (Wildman–Crippen LogP) is 6.19. The average molecular weight is 305 g/mol. The Bertz CT molecular complexity index is 474. The molecule has 0 N–H and O–H groups in total. The van der Waals surface area contributed by atoms with E-state index in [9.17, 15) is 0 Å². The van der Waals surface area contributed by atoms with Gasteiger partial charge in [-0.2, -0.15) is 12.6 Å². The van der Waals surface area contributed by atoms with E-state index >= 15 is 0 Å². The van der Waals surface area contributed by atoms with Gasteiger partial charge in [0.05, 0.1) is 0 Å². The molecule has 118 valence electrons. The van der Waals surface area contributed by atoms with Gasteiger partial charge in [-0.15, -0.1) is 0 Å². The number of hydrogen-bond acceptors (Lipinski definition) is 1. The third kappa shape index (κ3) is 2.18. The topological polar surface area (TPSA) is 0 Å². The Labute approximate surface area is 136 Å². The molecule has 5 unspecified atom stereocenters. The lowest BCUT2D eigenvalue weighted by Crippen LogP contribution is -2.41. The number of thiol groups is 1. The first kappa shape index (κ1) is 15.7. The van der Waals surface area contributed by atoms with Gasteiger partial charge < -0.3 is 0 Å². The SMILES string of the molecule is CCCC1(C)C2=CCC3(C)C(CC)CCC3C2=CCC1S. The molecule has 0 saturated heterocycles. The molecular weight excluding hydrogens is 272 g/mol. The number of hydrogen-bond donors (Lipinski definition) is 1. The summed E-state index contributed by atoms with van der Waals surface area (Å²) in [5.74, 6) is 1.74. The quantitative estimate of drug-likeness (QED) is 0.590. The summed E-state index contributed by atoms with van der Waals surface area (Å²) < 4.78 is 0. The van der Waals surface area contributed by atoms with Crippen molar-refractivity contribution in [2.24, 2.45) is 22.7 Å². The first-order valence-corrected chi connectivity index (χ1v) is 9.58. The number of allylic oxidation sites excluding steroid dienone is 4. The van der Waals surface area contributed by atoms with E-state index in [1.807, 2.05) is 0 Å². The lowest BCUT2D eigenvalue weighted by molar-refractivity contribution is 0.162. The number of fused-ring (bicyclic) bond motifs is 3. The molecule has 0 aromatic heterocycles. The molecule has 3 aliphatic rings. The van der Waals surface area contributed by atoms with Crippen LogP contribution in [0, 0.1) is 22.7 Å². The third-order valence-corrected chi connectivity index (χ3v) is 7.92. The van der Waals surface area contributed by atoms with Crippen LogP contribution in [-0.4, -0.2) is 5.25 Å². The predicted molar refractivity (Wildman–Crippen MR) is 95.8 cm³/mol. The second kappa shape index (κ2) is 5.48. The molecular formula is C20H32S. The molecule has 1 heteroatoms. The summed E-state index contributed by atoms with van der Waals surface area (Å²) in [6.45, 7) is 9.75. The maximum absolute atomic E-state index is 4.96.